The molecule has 6 amide bonds. The molecule has 6 rings (SSSR count). The molecular weight excluding hydrogens is 735 g/mol. The van der Waals surface area contributed by atoms with Crippen LogP contribution in [0.2, 0.25) is 0 Å². The smallest absolute Gasteiger partial charge is 0.276 e. The van der Waals surface area contributed by atoms with E-state index in [2.05, 4.69) is 31.2 Å². The van der Waals surface area contributed by atoms with Crippen LogP contribution in [0.15, 0.2) is 21.4 Å². The number of fused-ring (bicyclic) bond motifs is 10. The summed E-state index contributed by atoms with van der Waals surface area (Å²) < 4.78 is 5.72. The lowest BCUT2D eigenvalue weighted by Gasteiger charge is -2.29. The molecular formula is C36H47N9O7S2. The molecule has 3 aliphatic heterocycles. The van der Waals surface area contributed by atoms with Gasteiger partial charge in [-0.15, -0.1) is 22.7 Å². The summed E-state index contributed by atoms with van der Waals surface area (Å²) in [5.74, 6) is -1.97. The van der Waals surface area contributed by atoms with Crippen molar-refractivity contribution in [2.45, 2.75) is 109 Å². The normalized spacial score (nSPS) is 24.1. The predicted octanol–water partition coefficient (Wildman–Crippen LogP) is 3.35. The minimum absolute atomic E-state index is 0.0301. The van der Waals surface area contributed by atoms with Crippen molar-refractivity contribution in [1.29, 1.82) is 0 Å². The first-order valence-corrected chi connectivity index (χ1v) is 20.3. The standard InChI is InChI=1S/C36H47N9O7S2/c1-19(2)15-23-35(50)45-14-8-11-28(45)34-43-26(18-54-34)32-41-24(16-52-32)36(51)44-13-7-10-27(44)31(49)39-22(9-5-6-12-37-21(4)46)29(47)38-20(3)33-42-25(17-53-33)30(48)40-23/h16-20,22-23,27-28H,5-15H2,1-4H3,(H,37,46)(H,38,47)(H,39,49)(H,40,48)/t20-,22-,23-,27-,28-/m0/s1. The third-order valence-corrected chi connectivity index (χ3v) is 11.8. The van der Waals surface area contributed by atoms with E-state index in [0.717, 1.165) is 6.42 Å². The Kier molecular flexibility index (Phi) is 12.4. The van der Waals surface area contributed by atoms with Gasteiger partial charge >= 0.3 is 0 Å². The van der Waals surface area contributed by atoms with Crippen LogP contribution in [0.1, 0.15) is 122 Å². The van der Waals surface area contributed by atoms with Crippen LogP contribution >= 0.6 is 22.7 Å². The second-order valence-electron chi connectivity index (χ2n) is 14.5. The Balaban J connectivity index is 1.31. The minimum Gasteiger partial charge on any atom is -0.442 e. The Morgan fingerprint density at radius 2 is 1.57 bits per heavy atom. The fourth-order valence-electron chi connectivity index (χ4n) is 7.11. The van der Waals surface area contributed by atoms with Gasteiger partial charge in [-0.1, -0.05) is 13.8 Å². The van der Waals surface area contributed by atoms with E-state index >= 15 is 0 Å². The molecule has 6 bridgehead atoms. The number of amides is 6. The summed E-state index contributed by atoms with van der Waals surface area (Å²) in [6.07, 6.45) is 5.53. The fourth-order valence-corrected chi connectivity index (χ4v) is 8.86. The van der Waals surface area contributed by atoms with Crippen molar-refractivity contribution in [3.05, 3.63) is 38.4 Å². The molecule has 290 valence electrons. The average molecular weight is 782 g/mol. The Morgan fingerprint density at radius 1 is 0.870 bits per heavy atom. The van der Waals surface area contributed by atoms with E-state index in [4.69, 9.17) is 9.40 Å². The van der Waals surface area contributed by atoms with Crippen molar-refractivity contribution < 1.29 is 33.2 Å². The van der Waals surface area contributed by atoms with Crippen LogP contribution in [-0.2, 0) is 19.2 Å². The maximum absolute atomic E-state index is 14.1. The maximum Gasteiger partial charge on any atom is 0.276 e. The summed E-state index contributed by atoms with van der Waals surface area (Å²) in [6, 6.07) is -3.48. The Labute approximate surface area is 321 Å². The van der Waals surface area contributed by atoms with Crippen molar-refractivity contribution >= 4 is 58.1 Å². The number of hydrogen-bond acceptors (Lipinski definition) is 12. The zero-order valence-electron chi connectivity index (χ0n) is 30.9. The molecule has 4 N–H and O–H groups in total. The van der Waals surface area contributed by atoms with Crippen molar-refractivity contribution in [2.75, 3.05) is 19.6 Å². The molecule has 3 aromatic heterocycles. The van der Waals surface area contributed by atoms with Gasteiger partial charge in [0.2, 0.25) is 29.5 Å². The molecule has 54 heavy (non-hydrogen) atoms. The van der Waals surface area contributed by atoms with Gasteiger partial charge in [0.15, 0.2) is 5.69 Å². The first-order valence-electron chi connectivity index (χ1n) is 18.5. The molecule has 16 nitrogen and oxygen atoms in total. The number of carbonyl (C=O) groups excluding carboxylic acids is 6. The van der Waals surface area contributed by atoms with E-state index in [1.807, 2.05) is 13.8 Å². The van der Waals surface area contributed by atoms with Gasteiger partial charge in [0.05, 0.1) is 12.1 Å². The van der Waals surface area contributed by atoms with E-state index < -0.39 is 47.8 Å². The molecule has 0 unspecified atom stereocenters. The van der Waals surface area contributed by atoms with Crippen molar-refractivity contribution in [1.82, 2.24) is 46.0 Å². The number of thiazole rings is 2. The minimum atomic E-state index is -0.946. The molecule has 6 heterocycles. The van der Waals surface area contributed by atoms with Crippen LogP contribution in [0, 0.1) is 5.92 Å². The largest absolute Gasteiger partial charge is 0.442 e. The van der Waals surface area contributed by atoms with Gasteiger partial charge in [0.25, 0.3) is 11.8 Å². The molecule has 3 aromatic rings. The van der Waals surface area contributed by atoms with E-state index in [0.29, 0.717) is 73.9 Å². The van der Waals surface area contributed by atoms with Gasteiger partial charge in [-0.2, -0.15) is 0 Å². The summed E-state index contributed by atoms with van der Waals surface area (Å²) in [5, 5.41) is 16.0. The molecule has 0 radical (unpaired) electrons. The number of carbonyl (C=O) groups is 6. The van der Waals surface area contributed by atoms with E-state index in [9.17, 15) is 28.8 Å². The summed E-state index contributed by atoms with van der Waals surface area (Å²) >= 11 is 2.58. The van der Waals surface area contributed by atoms with Crippen LogP contribution < -0.4 is 21.3 Å². The highest BCUT2D eigenvalue weighted by Crippen LogP contribution is 2.36. The highest BCUT2D eigenvalue weighted by atomic mass is 32.1. The highest BCUT2D eigenvalue weighted by Gasteiger charge is 2.39. The molecule has 3 aliphatic rings. The zero-order valence-corrected chi connectivity index (χ0v) is 32.5. The molecule has 2 fully saturated rings. The molecule has 0 aromatic carbocycles. The van der Waals surface area contributed by atoms with Crippen LogP contribution in [-0.4, -0.2) is 98.0 Å². The highest BCUT2D eigenvalue weighted by molar-refractivity contribution is 7.10. The van der Waals surface area contributed by atoms with Gasteiger partial charge in [0, 0.05) is 37.3 Å². The van der Waals surface area contributed by atoms with E-state index in [1.165, 1.54) is 40.8 Å². The number of hydrogen-bond donors (Lipinski definition) is 4. The van der Waals surface area contributed by atoms with Crippen LogP contribution in [0.4, 0.5) is 0 Å². The van der Waals surface area contributed by atoms with Crippen LogP contribution in [0.25, 0.3) is 11.6 Å². The molecule has 18 heteroatoms. The van der Waals surface area contributed by atoms with E-state index in [1.54, 1.807) is 22.6 Å². The number of unbranched alkanes of at least 4 members (excludes halogenated alkanes) is 1. The third kappa shape index (κ3) is 8.97. The van der Waals surface area contributed by atoms with Crippen LogP contribution in [0.5, 0.6) is 0 Å². The lowest BCUT2D eigenvalue weighted by molar-refractivity contribution is -0.134. The SMILES string of the molecule is CC(=O)NCCCC[C@@H]1NC(=O)[C@@H]2CCCN2C(=O)c2coc(n2)-c2csc(n2)[C@@H]2CCCN2C(=O)[C@H](CC(C)C)NC(=O)c2csc(n2)[C@H](C)NC1=O. The number of oxazole rings is 1. The van der Waals surface area contributed by atoms with Gasteiger partial charge in [0.1, 0.15) is 45.8 Å². The van der Waals surface area contributed by atoms with Gasteiger partial charge in [-0.25, -0.2) is 15.0 Å². The third-order valence-electron chi connectivity index (χ3n) is 9.82. The topological polar surface area (TPSA) is 209 Å². The lowest BCUT2D eigenvalue weighted by atomic mass is 10.0. The summed E-state index contributed by atoms with van der Waals surface area (Å²) in [5.41, 5.74) is 0.586. The maximum atomic E-state index is 14.1. The van der Waals surface area contributed by atoms with Crippen molar-refractivity contribution in [2.24, 2.45) is 5.92 Å². The average Bonchev–Trinajstić information content (AvgIpc) is 3.98. The predicted molar refractivity (Wildman–Crippen MR) is 199 cm³/mol. The lowest BCUT2D eigenvalue weighted by Crippen LogP contribution is -2.53. The monoisotopic (exact) mass is 781 g/mol. The Bertz CT molecular complexity index is 1870. The van der Waals surface area contributed by atoms with E-state index in [-0.39, 0.29) is 47.5 Å². The number of nitrogens with one attached hydrogen (secondary N) is 4. The number of nitrogens with zero attached hydrogens (tertiary/aromatic N) is 5. The second-order valence-corrected chi connectivity index (χ2v) is 16.2. The molecule has 2 saturated heterocycles. The molecule has 0 spiro atoms. The summed E-state index contributed by atoms with van der Waals surface area (Å²) in [7, 11) is 0. The molecule has 0 saturated carbocycles. The summed E-state index contributed by atoms with van der Waals surface area (Å²) in [4.78, 5) is 97.3. The van der Waals surface area contributed by atoms with Crippen molar-refractivity contribution in [3.8, 4) is 11.6 Å². The Morgan fingerprint density at radius 3 is 2.33 bits per heavy atom. The molecule has 0 aliphatic carbocycles. The first-order chi connectivity index (χ1) is 25.9. The first kappa shape index (κ1) is 39.0. The second kappa shape index (κ2) is 17.2. The van der Waals surface area contributed by atoms with Gasteiger partial charge in [-0.3, -0.25) is 28.8 Å². The fraction of sp³-hybridized carbons (Fsp3) is 0.583. The van der Waals surface area contributed by atoms with Crippen LogP contribution in [0.3, 0.4) is 0 Å². The number of aromatic nitrogens is 3. The van der Waals surface area contributed by atoms with Gasteiger partial charge in [-0.05, 0) is 64.2 Å². The van der Waals surface area contributed by atoms with Crippen molar-refractivity contribution in [3.63, 3.8) is 0 Å². The van der Waals surface area contributed by atoms with Gasteiger partial charge < -0.3 is 35.5 Å². The molecule has 5 atom stereocenters. The summed E-state index contributed by atoms with van der Waals surface area (Å²) in [6.45, 7) is 8.41. The number of rotatable bonds is 7. The zero-order chi connectivity index (χ0) is 38.5. The Hall–Kier alpha value is -4.71. The quantitative estimate of drug-likeness (QED) is 0.257.